The first-order valence-corrected chi connectivity index (χ1v) is 10.3. The van der Waals surface area contributed by atoms with E-state index >= 15 is 0 Å². The van der Waals surface area contributed by atoms with Crippen LogP contribution in [0.2, 0.25) is 0 Å². The van der Waals surface area contributed by atoms with E-state index in [1.54, 1.807) is 21.3 Å². The van der Waals surface area contributed by atoms with Crippen LogP contribution in [0, 0.1) is 13.8 Å². The quantitative estimate of drug-likeness (QED) is 0.650. The summed E-state index contributed by atoms with van der Waals surface area (Å²) in [7, 11) is 4.89. The van der Waals surface area contributed by atoms with Crippen molar-refractivity contribution in [2.45, 2.75) is 33.1 Å². The average Bonchev–Trinajstić information content (AvgIpc) is 2.94. The summed E-state index contributed by atoms with van der Waals surface area (Å²) >= 11 is 0. The van der Waals surface area contributed by atoms with E-state index < -0.39 is 0 Å². The number of ether oxygens (including phenoxy) is 3. The van der Waals surface area contributed by atoms with Crippen molar-refractivity contribution < 1.29 is 14.2 Å². The number of benzene rings is 2. The lowest BCUT2D eigenvalue weighted by molar-refractivity contribution is 0.324. The topological polar surface area (TPSA) is 57.5 Å². The number of fused-ring (bicyclic) bond motifs is 1. The van der Waals surface area contributed by atoms with Gasteiger partial charge in [0.2, 0.25) is 5.75 Å². The Morgan fingerprint density at radius 3 is 2.37 bits per heavy atom. The summed E-state index contributed by atoms with van der Waals surface area (Å²) in [6.45, 7) is 5.22. The normalized spacial score (nSPS) is 13.2. The lowest BCUT2D eigenvalue weighted by Crippen LogP contribution is -2.08. The molecule has 1 aromatic heterocycles. The third-order valence-corrected chi connectivity index (χ3v) is 5.87. The molecule has 4 rings (SSSR count). The number of aryl methyl sites for hydroxylation is 1. The highest BCUT2D eigenvalue weighted by Gasteiger charge is 2.24. The first kappa shape index (κ1) is 20.1. The van der Waals surface area contributed by atoms with Crippen molar-refractivity contribution in [1.82, 2.24) is 9.78 Å². The molecule has 1 N–H and O–H groups in total. The van der Waals surface area contributed by atoms with Crippen molar-refractivity contribution in [1.29, 1.82) is 0 Å². The van der Waals surface area contributed by atoms with Crippen LogP contribution in [0.4, 0.5) is 5.82 Å². The lowest BCUT2D eigenvalue weighted by atomic mass is 10.0. The molecule has 2 heterocycles. The van der Waals surface area contributed by atoms with Crippen LogP contribution in [-0.2, 0) is 6.42 Å². The molecule has 0 spiro atoms. The molecule has 1 aliphatic rings. The second-order valence-corrected chi connectivity index (χ2v) is 7.60. The van der Waals surface area contributed by atoms with Gasteiger partial charge in [-0.1, -0.05) is 12.1 Å². The predicted molar refractivity (Wildman–Crippen MR) is 120 cm³/mol. The van der Waals surface area contributed by atoms with Gasteiger partial charge in [-0.2, -0.15) is 5.10 Å². The summed E-state index contributed by atoms with van der Waals surface area (Å²) in [5.41, 5.74) is 6.69. The second-order valence-electron chi connectivity index (χ2n) is 7.60. The highest BCUT2D eigenvalue weighted by molar-refractivity contribution is 5.75. The van der Waals surface area contributed by atoms with Gasteiger partial charge in [-0.05, 0) is 62.4 Å². The van der Waals surface area contributed by atoms with Crippen molar-refractivity contribution >= 4 is 5.82 Å². The molecule has 0 atom stereocenters. The monoisotopic (exact) mass is 407 g/mol. The summed E-state index contributed by atoms with van der Waals surface area (Å²) in [6.07, 6.45) is 3.23. The molecule has 0 radical (unpaired) electrons. The number of aromatic nitrogens is 2. The molecule has 0 fully saturated rings. The lowest BCUT2D eigenvalue weighted by Gasteiger charge is -2.14. The summed E-state index contributed by atoms with van der Waals surface area (Å²) in [5, 5.41) is 8.71. The Hall–Kier alpha value is -3.15. The maximum Gasteiger partial charge on any atom is 0.203 e. The summed E-state index contributed by atoms with van der Waals surface area (Å²) in [5.74, 6) is 2.92. The molecule has 0 saturated carbocycles. The van der Waals surface area contributed by atoms with Crippen molar-refractivity contribution in [3.8, 4) is 34.2 Å². The largest absolute Gasteiger partial charge is 0.493 e. The summed E-state index contributed by atoms with van der Waals surface area (Å²) < 4.78 is 18.7. The van der Waals surface area contributed by atoms with Gasteiger partial charge >= 0.3 is 0 Å². The molecular formula is C24H29N3O3. The molecule has 0 unspecified atom stereocenters. The van der Waals surface area contributed by atoms with Crippen LogP contribution in [0.15, 0.2) is 30.3 Å². The van der Waals surface area contributed by atoms with Crippen molar-refractivity contribution in [2.24, 2.45) is 0 Å². The zero-order chi connectivity index (χ0) is 21.3. The fourth-order valence-corrected chi connectivity index (χ4v) is 4.09. The van der Waals surface area contributed by atoms with Gasteiger partial charge in [0.05, 0.1) is 32.7 Å². The predicted octanol–water partition coefficient (Wildman–Crippen LogP) is 4.93. The third-order valence-electron chi connectivity index (χ3n) is 5.87. The smallest absolute Gasteiger partial charge is 0.203 e. The number of hydrogen-bond donors (Lipinski definition) is 1. The first-order chi connectivity index (χ1) is 14.6. The minimum Gasteiger partial charge on any atom is -0.493 e. The highest BCUT2D eigenvalue weighted by Crippen LogP contribution is 2.43. The van der Waals surface area contributed by atoms with Gasteiger partial charge in [-0.3, -0.25) is 0 Å². The van der Waals surface area contributed by atoms with Crippen LogP contribution in [0.25, 0.3) is 16.9 Å². The van der Waals surface area contributed by atoms with E-state index in [2.05, 4.69) is 42.0 Å². The SMILES string of the molecule is COc1cc(-c2nn(-c3cccc(C)c3C)c3c2CCCCN3)cc(OC)c1OC. The third kappa shape index (κ3) is 3.36. The molecule has 30 heavy (non-hydrogen) atoms. The van der Waals surface area contributed by atoms with Gasteiger partial charge in [0, 0.05) is 17.7 Å². The Labute approximate surface area is 177 Å². The van der Waals surface area contributed by atoms with Crippen molar-refractivity contribution in [3.05, 3.63) is 47.0 Å². The van der Waals surface area contributed by atoms with Crippen LogP contribution in [0.5, 0.6) is 17.2 Å². The molecule has 6 nitrogen and oxygen atoms in total. The Morgan fingerprint density at radius 1 is 0.967 bits per heavy atom. The summed E-state index contributed by atoms with van der Waals surface area (Å²) in [6, 6.07) is 10.3. The zero-order valence-electron chi connectivity index (χ0n) is 18.3. The van der Waals surface area contributed by atoms with E-state index in [0.717, 1.165) is 48.6 Å². The number of nitrogens with one attached hydrogen (secondary N) is 1. The standard InChI is InChI=1S/C24H29N3O3/c1-15-9-8-11-19(16(15)2)27-24-18(10-6-7-12-25-24)22(26-27)17-13-20(28-3)23(30-5)21(14-17)29-4/h8-9,11,13-14,25H,6-7,10,12H2,1-5H3. The Kier molecular flexibility index (Phi) is 5.57. The number of rotatable bonds is 5. The van der Waals surface area contributed by atoms with Gasteiger partial charge in [0.15, 0.2) is 11.5 Å². The van der Waals surface area contributed by atoms with E-state index in [4.69, 9.17) is 19.3 Å². The van der Waals surface area contributed by atoms with E-state index in [0.29, 0.717) is 17.2 Å². The van der Waals surface area contributed by atoms with Crippen LogP contribution >= 0.6 is 0 Å². The molecule has 158 valence electrons. The Balaban J connectivity index is 1.96. The number of methoxy groups -OCH3 is 3. The average molecular weight is 408 g/mol. The molecule has 0 amide bonds. The van der Waals surface area contributed by atoms with E-state index in [-0.39, 0.29) is 0 Å². The highest BCUT2D eigenvalue weighted by atomic mass is 16.5. The van der Waals surface area contributed by atoms with Crippen LogP contribution in [0.3, 0.4) is 0 Å². The molecule has 3 aromatic rings. The fourth-order valence-electron chi connectivity index (χ4n) is 4.09. The van der Waals surface area contributed by atoms with E-state index in [1.807, 2.05) is 12.1 Å². The van der Waals surface area contributed by atoms with E-state index in [9.17, 15) is 0 Å². The maximum absolute atomic E-state index is 5.58. The first-order valence-electron chi connectivity index (χ1n) is 10.3. The number of nitrogens with zero attached hydrogens (tertiary/aromatic N) is 2. The van der Waals surface area contributed by atoms with Crippen LogP contribution < -0.4 is 19.5 Å². The molecule has 0 bridgehead atoms. The van der Waals surface area contributed by atoms with E-state index in [1.165, 1.54) is 16.7 Å². The van der Waals surface area contributed by atoms with Crippen LogP contribution in [0.1, 0.15) is 29.5 Å². The molecule has 2 aromatic carbocycles. The number of hydrogen-bond acceptors (Lipinski definition) is 5. The Morgan fingerprint density at radius 2 is 1.70 bits per heavy atom. The molecular weight excluding hydrogens is 378 g/mol. The van der Waals surface area contributed by atoms with Crippen LogP contribution in [-0.4, -0.2) is 37.7 Å². The van der Waals surface area contributed by atoms with Crippen molar-refractivity contribution in [2.75, 3.05) is 33.2 Å². The maximum atomic E-state index is 5.58. The van der Waals surface area contributed by atoms with Gasteiger partial charge in [-0.15, -0.1) is 0 Å². The van der Waals surface area contributed by atoms with Crippen molar-refractivity contribution in [3.63, 3.8) is 0 Å². The Bertz CT molecular complexity index is 1050. The van der Waals surface area contributed by atoms with Gasteiger partial charge in [0.1, 0.15) is 5.82 Å². The second kappa shape index (κ2) is 8.30. The molecule has 0 saturated heterocycles. The minimum absolute atomic E-state index is 0.585. The molecule has 1 aliphatic heterocycles. The zero-order valence-corrected chi connectivity index (χ0v) is 18.3. The van der Waals surface area contributed by atoms with Gasteiger partial charge in [0.25, 0.3) is 0 Å². The minimum atomic E-state index is 0.585. The molecule has 6 heteroatoms. The number of anilines is 1. The summed E-state index contributed by atoms with van der Waals surface area (Å²) in [4.78, 5) is 0. The molecule has 0 aliphatic carbocycles. The van der Waals surface area contributed by atoms with Gasteiger partial charge in [-0.25, -0.2) is 4.68 Å². The van der Waals surface area contributed by atoms with Gasteiger partial charge < -0.3 is 19.5 Å². The fraction of sp³-hybridized carbons (Fsp3) is 0.375.